The predicted octanol–water partition coefficient (Wildman–Crippen LogP) is 0.0785. The number of benzene rings is 1. The van der Waals surface area contributed by atoms with Gasteiger partial charge in [0, 0.05) is 24.1 Å². The van der Waals surface area contributed by atoms with Gasteiger partial charge in [0.15, 0.2) is 5.76 Å². The quantitative estimate of drug-likeness (QED) is 0.437. The Balaban J connectivity index is 1.42. The van der Waals surface area contributed by atoms with Crippen LogP contribution in [0.25, 0.3) is 10.9 Å². The lowest BCUT2D eigenvalue weighted by Gasteiger charge is -2.08. The summed E-state index contributed by atoms with van der Waals surface area (Å²) >= 11 is 0. The van der Waals surface area contributed by atoms with Crippen LogP contribution < -0.4 is 21.5 Å². The summed E-state index contributed by atoms with van der Waals surface area (Å²) < 4.78 is 6.70. The van der Waals surface area contributed by atoms with Crippen molar-refractivity contribution in [1.82, 2.24) is 26.1 Å². The third-order valence-corrected chi connectivity index (χ3v) is 4.06. The van der Waals surface area contributed by atoms with Gasteiger partial charge in [-0.05, 0) is 18.2 Å². The Bertz CT molecular complexity index is 1050. The van der Waals surface area contributed by atoms with Crippen molar-refractivity contribution in [3.05, 3.63) is 60.2 Å². The molecule has 10 heteroatoms. The number of para-hydroxylation sites is 1. The third-order valence-electron chi connectivity index (χ3n) is 4.06. The average molecular weight is 397 g/mol. The minimum absolute atomic E-state index is 0.0756. The molecule has 4 amide bonds. The fraction of sp³-hybridized carbons (Fsp3) is 0.158. The van der Waals surface area contributed by atoms with Gasteiger partial charge in [-0.15, -0.1) is 0 Å². The highest BCUT2D eigenvalue weighted by Crippen LogP contribution is 2.19. The third kappa shape index (κ3) is 4.80. The van der Waals surface area contributed by atoms with E-state index in [9.17, 15) is 19.2 Å². The van der Waals surface area contributed by atoms with Gasteiger partial charge in [0.2, 0.25) is 5.91 Å². The van der Waals surface area contributed by atoms with E-state index in [1.165, 1.54) is 12.3 Å². The number of nitrogens with one attached hydrogen (secondary N) is 4. The molecule has 2 aromatic heterocycles. The average Bonchev–Trinajstić information content (AvgIpc) is 3.37. The van der Waals surface area contributed by atoms with Crippen LogP contribution in [0.15, 0.2) is 53.3 Å². The largest absolute Gasteiger partial charge is 0.459 e. The predicted molar refractivity (Wildman–Crippen MR) is 103 cm³/mol. The molecule has 4 N–H and O–H groups in total. The Morgan fingerprint density at radius 1 is 0.897 bits per heavy atom. The number of hydrazine groups is 1. The highest BCUT2D eigenvalue weighted by Gasteiger charge is 2.15. The zero-order valence-electron chi connectivity index (χ0n) is 15.5. The first kappa shape index (κ1) is 19.7. The van der Waals surface area contributed by atoms with Gasteiger partial charge >= 0.3 is 0 Å². The van der Waals surface area contributed by atoms with Crippen molar-refractivity contribution in [2.75, 3.05) is 13.1 Å². The van der Waals surface area contributed by atoms with Gasteiger partial charge in [0.25, 0.3) is 17.7 Å². The summed E-state index contributed by atoms with van der Waals surface area (Å²) in [5.41, 5.74) is 5.84. The molecule has 2 heterocycles. The van der Waals surface area contributed by atoms with Crippen molar-refractivity contribution in [2.45, 2.75) is 0 Å². The first-order valence-corrected chi connectivity index (χ1v) is 8.67. The normalized spacial score (nSPS) is 10.4. The molecule has 0 fully saturated rings. The first-order valence-electron chi connectivity index (χ1n) is 8.67. The van der Waals surface area contributed by atoms with Crippen molar-refractivity contribution in [2.24, 2.45) is 7.05 Å². The van der Waals surface area contributed by atoms with Crippen molar-refractivity contribution in [3.63, 3.8) is 0 Å². The van der Waals surface area contributed by atoms with Gasteiger partial charge < -0.3 is 19.6 Å². The van der Waals surface area contributed by atoms with Gasteiger partial charge in [-0.3, -0.25) is 30.0 Å². The fourth-order valence-corrected chi connectivity index (χ4v) is 2.66. The lowest BCUT2D eigenvalue weighted by molar-refractivity contribution is -0.125. The fourth-order valence-electron chi connectivity index (χ4n) is 2.66. The molecule has 29 heavy (non-hydrogen) atoms. The molecule has 10 nitrogen and oxygen atoms in total. The Morgan fingerprint density at radius 3 is 2.41 bits per heavy atom. The second kappa shape index (κ2) is 8.74. The summed E-state index contributed by atoms with van der Waals surface area (Å²) in [7, 11) is 1.82. The minimum atomic E-state index is -0.621. The molecule has 150 valence electrons. The van der Waals surface area contributed by atoms with E-state index >= 15 is 0 Å². The number of rotatable bonds is 6. The van der Waals surface area contributed by atoms with Gasteiger partial charge in [0.05, 0.1) is 24.9 Å². The van der Waals surface area contributed by atoms with Crippen molar-refractivity contribution in [1.29, 1.82) is 0 Å². The van der Waals surface area contributed by atoms with Crippen LogP contribution >= 0.6 is 0 Å². The van der Waals surface area contributed by atoms with Crippen LogP contribution in [0.1, 0.15) is 20.9 Å². The molecule has 0 aliphatic heterocycles. The zero-order valence-corrected chi connectivity index (χ0v) is 15.5. The summed E-state index contributed by atoms with van der Waals surface area (Å²) in [6, 6.07) is 10.4. The van der Waals surface area contributed by atoms with Crippen LogP contribution in [-0.2, 0) is 16.6 Å². The maximum atomic E-state index is 12.3. The van der Waals surface area contributed by atoms with Crippen LogP contribution in [0.3, 0.4) is 0 Å². The van der Waals surface area contributed by atoms with Crippen molar-refractivity contribution < 1.29 is 23.6 Å². The number of furan rings is 1. The maximum Gasteiger partial charge on any atom is 0.287 e. The topological polar surface area (TPSA) is 134 Å². The standard InChI is InChI=1S/C19H19N5O5/c1-24-11-13(12-5-2-3-6-14(12)24)18(27)23-22-17(26)10-20-16(25)9-21-19(28)15-7-4-8-29-15/h2-8,11H,9-10H2,1H3,(H,20,25)(H,21,28)(H,22,26)(H,23,27). The lowest BCUT2D eigenvalue weighted by Crippen LogP contribution is -2.47. The summed E-state index contributed by atoms with van der Waals surface area (Å²) in [4.78, 5) is 47.5. The number of aryl methyl sites for hydroxylation is 1. The monoisotopic (exact) mass is 397 g/mol. The maximum absolute atomic E-state index is 12.3. The van der Waals surface area contributed by atoms with E-state index in [1.54, 1.807) is 12.3 Å². The second-order valence-corrected chi connectivity index (χ2v) is 6.11. The number of carbonyl (C=O) groups excluding carboxylic acids is 4. The second-order valence-electron chi connectivity index (χ2n) is 6.11. The van der Waals surface area contributed by atoms with E-state index in [0.29, 0.717) is 5.56 Å². The molecular weight excluding hydrogens is 378 g/mol. The highest BCUT2D eigenvalue weighted by atomic mass is 16.3. The molecule has 1 aromatic carbocycles. The smallest absolute Gasteiger partial charge is 0.287 e. The Hall–Kier alpha value is -4.08. The van der Waals surface area contributed by atoms with Gasteiger partial charge in [-0.2, -0.15) is 0 Å². The summed E-state index contributed by atoms with van der Waals surface area (Å²) in [6.45, 7) is -0.694. The lowest BCUT2D eigenvalue weighted by atomic mass is 10.2. The number of aromatic nitrogens is 1. The highest BCUT2D eigenvalue weighted by molar-refractivity contribution is 6.07. The van der Waals surface area contributed by atoms with Crippen LogP contribution in [-0.4, -0.2) is 41.3 Å². The molecule has 0 saturated carbocycles. The SMILES string of the molecule is Cn1cc(C(=O)NNC(=O)CNC(=O)CNC(=O)c2ccco2)c2ccccc21. The molecule has 0 aliphatic rings. The molecule has 0 aliphatic carbocycles. The zero-order chi connectivity index (χ0) is 20.8. The summed E-state index contributed by atoms with van der Waals surface area (Å²) in [6.07, 6.45) is 3.00. The van der Waals surface area contributed by atoms with E-state index in [1.807, 2.05) is 35.9 Å². The molecule has 0 spiro atoms. The molecule has 0 atom stereocenters. The van der Waals surface area contributed by atoms with Gasteiger partial charge in [0.1, 0.15) is 0 Å². The van der Waals surface area contributed by atoms with Gasteiger partial charge in [-0.25, -0.2) is 0 Å². The minimum Gasteiger partial charge on any atom is -0.459 e. The van der Waals surface area contributed by atoms with Crippen LogP contribution in [0.5, 0.6) is 0 Å². The number of nitrogens with zero attached hydrogens (tertiary/aromatic N) is 1. The number of fused-ring (bicyclic) bond motifs is 1. The van der Waals surface area contributed by atoms with Gasteiger partial charge in [-0.1, -0.05) is 18.2 Å². The van der Waals surface area contributed by atoms with Crippen LogP contribution in [0.2, 0.25) is 0 Å². The summed E-state index contributed by atoms with van der Waals surface area (Å²) in [5.74, 6) is -2.14. The number of hydrogen-bond acceptors (Lipinski definition) is 5. The Kier molecular flexibility index (Phi) is 5.93. The molecule has 3 rings (SSSR count). The van der Waals surface area contributed by atoms with E-state index in [-0.39, 0.29) is 18.8 Å². The van der Waals surface area contributed by atoms with Crippen LogP contribution in [0, 0.1) is 0 Å². The molecule has 0 bridgehead atoms. The van der Waals surface area contributed by atoms with Crippen LogP contribution in [0.4, 0.5) is 0 Å². The molecule has 3 aromatic rings. The van der Waals surface area contributed by atoms with Crippen molar-refractivity contribution in [3.8, 4) is 0 Å². The van der Waals surface area contributed by atoms with E-state index in [4.69, 9.17) is 4.42 Å². The molecule has 0 radical (unpaired) electrons. The number of carbonyl (C=O) groups is 4. The van der Waals surface area contributed by atoms with E-state index in [0.717, 1.165) is 10.9 Å². The first-order chi connectivity index (χ1) is 14.0. The Labute approximate surface area is 165 Å². The Morgan fingerprint density at radius 2 is 1.66 bits per heavy atom. The molecule has 0 saturated heterocycles. The van der Waals surface area contributed by atoms with E-state index < -0.39 is 23.6 Å². The van der Waals surface area contributed by atoms with E-state index in [2.05, 4.69) is 21.5 Å². The van der Waals surface area contributed by atoms with Crippen molar-refractivity contribution >= 4 is 34.5 Å². The number of amides is 4. The summed E-state index contributed by atoms with van der Waals surface area (Å²) in [5, 5.41) is 5.43. The molecule has 0 unspecified atom stereocenters. The number of hydrogen-bond donors (Lipinski definition) is 4. The molecular formula is C19H19N5O5.